The number of hydrogen-bond acceptors (Lipinski definition) is 4. The van der Waals surface area contributed by atoms with Crippen molar-refractivity contribution in [3.63, 3.8) is 0 Å². The van der Waals surface area contributed by atoms with Crippen molar-refractivity contribution in [3.8, 4) is 11.3 Å². The number of aliphatic carboxylic acids is 1. The molecule has 1 fully saturated rings. The first-order chi connectivity index (χ1) is 12.5. The van der Waals surface area contributed by atoms with Gasteiger partial charge in [-0.2, -0.15) is 5.10 Å². The number of carbonyl (C=O) groups is 2. The number of carboxylic acids is 1. The molecule has 1 N–H and O–H groups in total. The van der Waals surface area contributed by atoms with E-state index >= 15 is 0 Å². The van der Waals surface area contributed by atoms with Crippen molar-refractivity contribution < 1.29 is 19.4 Å². The summed E-state index contributed by atoms with van der Waals surface area (Å²) in [5, 5.41) is 13.9. The van der Waals surface area contributed by atoms with E-state index < -0.39 is 11.4 Å². The first kappa shape index (κ1) is 18.1. The lowest BCUT2D eigenvalue weighted by molar-refractivity contribution is -0.155. The molecule has 0 bridgehead atoms. The number of rotatable bonds is 5. The van der Waals surface area contributed by atoms with Crippen LogP contribution in [0.4, 0.5) is 0 Å². The zero-order valence-electron chi connectivity index (χ0n) is 15.0. The molecule has 1 atom stereocenters. The minimum atomic E-state index is -1.06. The number of hydrogen-bond donors (Lipinski definition) is 1. The number of piperidine rings is 1. The van der Waals surface area contributed by atoms with Gasteiger partial charge in [-0.25, -0.2) is 0 Å². The van der Waals surface area contributed by atoms with Crippen molar-refractivity contribution in [1.29, 1.82) is 0 Å². The maximum absolute atomic E-state index is 13.2. The van der Waals surface area contributed by atoms with Crippen LogP contribution in [0.3, 0.4) is 0 Å². The van der Waals surface area contributed by atoms with Crippen LogP contribution in [0.5, 0.6) is 0 Å². The third-order valence-electron chi connectivity index (χ3n) is 4.95. The summed E-state index contributed by atoms with van der Waals surface area (Å²) >= 11 is 0. The van der Waals surface area contributed by atoms with Crippen molar-refractivity contribution in [1.82, 2.24) is 14.7 Å². The lowest BCUT2D eigenvalue weighted by atomic mass is 9.80. The number of nitrogens with zero attached hydrogens (tertiary/aromatic N) is 3. The van der Waals surface area contributed by atoms with E-state index in [2.05, 4.69) is 5.10 Å². The standard InChI is InChI=1S/C19H23N3O4/c1-21-16(14-7-4-3-5-8-14)15(11-20-21)17(23)22-10-6-9-19(12-22,13-26-2)18(24)25/h3-5,7-8,11H,6,9-10,12-13H2,1-2H3,(H,24,25). The third kappa shape index (κ3) is 3.22. The molecule has 1 aliphatic rings. The van der Waals surface area contributed by atoms with Crippen LogP contribution in [0.15, 0.2) is 36.5 Å². The topological polar surface area (TPSA) is 84.7 Å². The molecule has 1 saturated heterocycles. The van der Waals surface area contributed by atoms with Crippen molar-refractivity contribution in [2.45, 2.75) is 12.8 Å². The summed E-state index contributed by atoms with van der Waals surface area (Å²) in [5.74, 6) is -1.12. The number of aromatic nitrogens is 2. The average Bonchev–Trinajstić information content (AvgIpc) is 3.03. The molecular formula is C19H23N3O4. The van der Waals surface area contributed by atoms with E-state index in [9.17, 15) is 14.7 Å². The number of benzene rings is 1. The Labute approximate surface area is 152 Å². The van der Waals surface area contributed by atoms with Gasteiger partial charge in [-0.3, -0.25) is 14.3 Å². The molecule has 2 heterocycles. The van der Waals surface area contributed by atoms with Crippen LogP contribution >= 0.6 is 0 Å². The Hall–Kier alpha value is -2.67. The second-order valence-corrected chi connectivity index (χ2v) is 6.75. The molecule has 0 spiro atoms. The van der Waals surface area contributed by atoms with Crippen LogP contribution in [-0.4, -0.2) is 58.5 Å². The second-order valence-electron chi connectivity index (χ2n) is 6.75. The van der Waals surface area contributed by atoms with Gasteiger partial charge in [0.05, 0.1) is 24.1 Å². The van der Waals surface area contributed by atoms with Gasteiger partial charge in [0.1, 0.15) is 5.41 Å². The lowest BCUT2D eigenvalue weighted by Crippen LogP contribution is -2.52. The van der Waals surface area contributed by atoms with Gasteiger partial charge in [-0.15, -0.1) is 0 Å². The van der Waals surface area contributed by atoms with Gasteiger partial charge >= 0.3 is 5.97 Å². The summed E-state index contributed by atoms with van der Waals surface area (Å²) in [6.45, 7) is 0.753. The minimum Gasteiger partial charge on any atom is -0.481 e. The maximum atomic E-state index is 13.2. The van der Waals surface area contributed by atoms with Gasteiger partial charge in [-0.05, 0) is 12.8 Å². The summed E-state index contributed by atoms with van der Waals surface area (Å²) in [5.41, 5.74) is 1.05. The first-order valence-electron chi connectivity index (χ1n) is 8.57. The highest BCUT2D eigenvalue weighted by Gasteiger charge is 2.44. The van der Waals surface area contributed by atoms with Crippen LogP contribution in [-0.2, 0) is 16.6 Å². The van der Waals surface area contributed by atoms with Gasteiger partial charge in [0.2, 0.25) is 0 Å². The molecule has 7 nitrogen and oxygen atoms in total. The van der Waals surface area contributed by atoms with Crippen molar-refractivity contribution in [2.24, 2.45) is 12.5 Å². The van der Waals surface area contributed by atoms with E-state index in [0.717, 1.165) is 11.3 Å². The fraction of sp³-hybridized carbons (Fsp3) is 0.421. The molecule has 1 aromatic carbocycles. The maximum Gasteiger partial charge on any atom is 0.313 e. The third-order valence-corrected chi connectivity index (χ3v) is 4.95. The SMILES string of the molecule is COCC1(C(=O)O)CCCN(C(=O)c2cnn(C)c2-c2ccccc2)C1. The summed E-state index contributed by atoms with van der Waals surface area (Å²) in [4.78, 5) is 26.6. The van der Waals surface area contributed by atoms with Gasteiger partial charge in [0.25, 0.3) is 5.91 Å². The zero-order chi connectivity index (χ0) is 18.7. The molecule has 26 heavy (non-hydrogen) atoms. The Kier molecular flexibility index (Phi) is 5.08. The number of ether oxygens (including phenoxy) is 1. The summed E-state index contributed by atoms with van der Waals surface area (Å²) < 4.78 is 6.81. The molecule has 138 valence electrons. The number of methoxy groups -OCH3 is 1. The Morgan fingerprint density at radius 3 is 2.69 bits per heavy atom. The average molecular weight is 357 g/mol. The second kappa shape index (κ2) is 7.29. The number of carbonyl (C=O) groups excluding carboxylic acids is 1. The van der Waals surface area contributed by atoms with Crippen LogP contribution < -0.4 is 0 Å². The Bertz CT molecular complexity index is 798. The Morgan fingerprint density at radius 2 is 2.04 bits per heavy atom. The van der Waals surface area contributed by atoms with E-state index in [0.29, 0.717) is 24.9 Å². The summed E-state index contributed by atoms with van der Waals surface area (Å²) in [6.07, 6.45) is 2.68. The molecule has 0 aliphatic carbocycles. The molecule has 0 saturated carbocycles. The van der Waals surface area contributed by atoms with E-state index in [1.165, 1.54) is 7.11 Å². The Balaban J connectivity index is 1.92. The first-order valence-corrected chi connectivity index (χ1v) is 8.57. The molecular weight excluding hydrogens is 334 g/mol. The fourth-order valence-corrected chi connectivity index (χ4v) is 3.64. The van der Waals surface area contributed by atoms with Crippen molar-refractivity contribution in [3.05, 3.63) is 42.1 Å². The van der Waals surface area contributed by atoms with E-state index in [-0.39, 0.29) is 19.1 Å². The van der Waals surface area contributed by atoms with Crippen molar-refractivity contribution >= 4 is 11.9 Å². The highest BCUT2D eigenvalue weighted by Crippen LogP contribution is 2.33. The van der Waals surface area contributed by atoms with Crippen LogP contribution in [0.2, 0.25) is 0 Å². The number of likely N-dealkylation sites (tertiary alicyclic amines) is 1. The molecule has 0 radical (unpaired) electrons. The quantitative estimate of drug-likeness (QED) is 0.885. The van der Waals surface area contributed by atoms with Gasteiger partial charge in [0.15, 0.2) is 0 Å². The number of aryl methyl sites for hydroxylation is 1. The predicted octanol–water partition coefficient (Wildman–Crippen LogP) is 2.04. The van der Waals surface area contributed by atoms with Crippen LogP contribution in [0.25, 0.3) is 11.3 Å². The van der Waals surface area contributed by atoms with Gasteiger partial charge in [0, 0.05) is 32.8 Å². The van der Waals surface area contributed by atoms with Crippen LogP contribution in [0, 0.1) is 5.41 Å². The largest absolute Gasteiger partial charge is 0.481 e. The van der Waals surface area contributed by atoms with E-state index in [1.807, 2.05) is 30.3 Å². The minimum absolute atomic E-state index is 0.0880. The number of amides is 1. The highest BCUT2D eigenvalue weighted by atomic mass is 16.5. The predicted molar refractivity (Wildman–Crippen MR) is 95.7 cm³/mol. The monoisotopic (exact) mass is 357 g/mol. The normalized spacial score (nSPS) is 20.2. The molecule has 7 heteroatoms. The smallest absolute Gasteiger partial charge is 0.313 e. The zero-order valence-corrected chi connectivity index (χ0v) is 15.0. The summed E-state index contributed by atoms with van der Waals surface area (Å²) in [7, 11) is 3.28. The molecule has 1 aliphatic heterocycles. The van der Waals surface area contributed by atoms with Crippen molar-refractivity contribution in [2.75, 3.05) is 26.8 Å². The van der Waals surface area contributed by atoms with Gasteiger partial charge < -0.3 is 14.7 Å². The van der Waals surface area contributed by atoms with E-state index in [4.69, 9.17) is 4.74 Å². The molecule has 2 aromatic rings. The van der Waals surface area contributed by atoms with E-state index in [1.54, 1.807) is 22.8 Å². The molecule has 3 rings (SSSR count). The Morgan fingerprint density at radius 1 is 1.31 bits per heavy atom. The number of carboxylic acid groups (broad SMARTS) is 1. The van der Waals surface area contributed by atoms with Gasteiger partial charge in [-0.1, -0.05) is 30.3 Å². The fourth-order valence-electron chi connectivity index (χ4n) is 3.64. The lowest BCUT2D eigenvalue weighted by Gasteiger charge is -2.39. The highest BCUT2D eigenvalue weighted by molar-refractivity contribution is 6.00. The summed E-state index contributed by atoms with van der Waals surface area (Å²) in [6, 6.07) is 9.59. The van der Waals surface area contributed by atoms with Crippen LogP contribution in [0.1, 0.15) is 23.2 Å². The molecule has 1 amide bonds. The molecule has 1 unspecified atom stereocenters. The molecule has 1 aromatic heterocycles.